The Kier molecular flexibility index (Phi) is 4.38. The van der Waals surface area contributed by atoms with Gasteiger partial charge in [-0.2, -0.15) is 0 Å². The summed E-state index contributed by atoms with van der Waals surface area (Å²) < 4.78 is 5.28. The molecule has 1 aromatic carbocycles. The molecule has 18 heavy (non-hydrogen) atoms. The zero-order valence-corrected chi connectivity index (χ0v) is 10.7. The lowest BCUT2D eigenvalue weighted by atomic mass is 10.0. The molecule has 1 aliphatic rings. The van der Waals surface area contributed by atoms with E-state index in [1.54, 1.807) is 12.1 Å². The second-order valence-electron chi connectivity index (χ2n) is 4.36. The Balaban J connectivity index is 2.01. The van der Waals surface area contributed by atoms with Crippen molar-refractivity contribution in [2.75, 3.05) is 25.1 Å². The van der Waals surface area contributed by atoms with Gasteiger partial charge in [0.25, 0.3) is 5.69 Å². The molecule has 0 amide bonds. The van der Waals surface area contributed by atoms with Crippen LogP contribution in [0, 0.1) is 16.0 Å². The molecule has 0 aliphatic carbocycles. The Labute approximate surface area is 110 Å². The summed E-state index contributed by atoms with van der Waals surface area (Å²) in [4.78, 5) is 10.5. The van der Waals surface area contributed by atoms with Gasteiger partial charge in [0.2, 0.25) is 0 Å². The molecular weight excluding hydrogens is 256 g/mol. The van der Waals surface area contributed by atoms with Crippen molar-refractivity contribution in [3.8, 4) is 0 Å². The third-order valence-corrected chi connectivity index (χ3v) is 3.31. The highest BCUT2D eigenvalue weighted by Gasteiger charge is 2.17. The molecule has 6 heteroatoms. The third kappa shape index (κ3) is 3.34. The minimum atomic E-state index is -0.418. The van der Waals surface area contributed by atoms with Crippen molar-refractivity contribution < 1.29 is 9.66 Å². The van der Waals surface area contributed by atoms with Crippen LogP contribution in [0.2, 0.25) is 5.02 Å². The van der Waals surface area contributed by atoms with E-state index in [1.807, 2.05) is 0 Å². The maximum Gasteiger partial charge on any atom is 0.293 e. The van der Waals surface area contributed by atoms with Crippen molar-refractivity contribution in [2.24, 2.45) is 5.92 Å². The van der Waals surface area contributed by atoms with Crippen LogP contribution in [0.15, 0.2) is 18.2 Å². The fraction of sp³-hybridized carbons (Fsp3) is 0.500. The molecule has 0 bridgehead atoms. The lowest BCUT2D eigenvalue weighted by molar-refractivity contribution is -0.383. The Hall–Kier alpha value is -1.33. The standard InChI is InChI=1S/C12H15ClN2O3/c13-10-1-2-11(12(7-10)15(16)17)14-8-9-3-5-18-6-4-9/h1-2,7,9,14H,3-6,8H2. The predicted octanol–water partition coefficient (Wildman–Crippen LogP) is 3.09. The molecule has 0 atom stereocenters. The van der Waals surface area contributed by atoms with Gasteiger partial charge in [-0.3, -0.25) is 10.1 Å². The first-order valence-corrected chi connectivity index (χ1v) is 6.30. The molecule has 1 saturated heterocycles. The van der Waals surface area contributed by atoms with E-state index < -0.39 is 4.92 Å². The van der Waals surface area contributed by atoms with E-state index >= 15 is 0 Å². The molecule has 1 fully saturated rings. The van der Waals surface area contributed by atoms with E-state index in [9.17, 15) is 10.1 Å². The van der Waals surface area contributed by atoms with E-state index in [4.69, 9.17) is 16.3 Å². The first-order chi connectivity index (χ1) is 8.66. The molecule has 1 aliphatic heterocycles. The largest absolute Gasteiger partial charge is 0.381 e. The van der Waals surface area contributed by atoms with Crippen molar-refractivity contribution in [2.45, 2.75) is 12.8 Å². The van der Waals surface area contributed by atoms with E-state index in [0.29, 0.717) is 16.6 Å². The second-order valence-corrected chi connectivity index (χ2v) is 4.79. The highest BCUT2D eigenvalue weighted by Crippen LogP contribution is 2.28. The molecule has 0 saturated carbocycles. The topological polar surface area (TPSA) is 64.4 Å². The molecule has 98 valence electrons. The molecule has 1 N–H and O–H groups in total. The molecule has 0 radical (unpaired) electrons. The fourth-order valence-corrected chi connectivity index (χ4v) is 2.18. The lowest BCUT2D eigenvalue weighted by Crippen LogP contribution is -2.22. The van der Waals surface area contributed by atoms with Gasteiger partial charge >= 0.3 is 0 Å². The monoisotopic (exact) mass is 270 g/mol. The number of rotatable bonds is 4. The Morgan fingerprint density at radius 3 is 2.83 bits per heavy atom. The van der Waals surface area contributed by atoms with Gasteiger partial charge in [0.1, 0.15) is 5.69 Å². The summed E-state index contributed by atoms with van der Waals surface area (Å²) in [6, 6.07) is 4.68. The van der Waals surface area contributed by atoms with Crippen molar-refractivity contribution in [3.63, 3.8) is 0 Å². The maximum atomic E-state index is 10.9. The third-order valence-electron chi connectivity index (χ3n) is 3.08. The van der Waals surface area contributed by atoms with Crippen LogP contribution in [0.4, 0.5) is 11.4 Å². The fourth-order valence-electron chi connectivity index (χ4n) is 2.01. The van der Waals surface area contributed by atoms with Crippen LogP contribution in [-0.4, -0.2) is 24.7 Å². The van der Waals surface area contributed by atoms with Crippen LogP contribution in [0.25, 0.3) is 0 Å². The number of nitro benzene ring substituents is 1. The first kappa shape index (κ1) is 13.1. The summed E-state index contributed by atoms with van der Waals surface area (Å²) in [6.07, 6.45) is 1.99. The van der Waals surface area contributed by atoms with Gasteiger partial charge < -0.3 is 10.1 Å². The van der Waals surface area contributed by atoms with Crippen LogP contribution in [-0.2, 0) is 4.74 Å². The summed E-state index contributed by atoms with van der Waals surface area (Å²) in [6.45, 7) is 2.27. The van der Waals surface area contributed by atoms with Crippen LogP contribution in [0.5, 0.6) is 0 Å². The molecule has 1 heterocycles. The number of halogens is 1. The molecular formula is C12H15ClN2O3. The number of hydrogen-bond acceptors (Lipinski definition) is 4. The SMILES string of the molecule is O=[N+]([O-])c1cc(Cl)ccc1NCC1CCOCC1. The maximum absolute atomic E-state index is 10.9. The Morgan fingerprint density at radius 2 is 2.17 bits per heavy atom. The smallest absolute Gasteiger partial charge is 0.293 e. The average molecular weight is 271 g/mol. The van der Waals surface area contributed by atoms with Crippen molar-refractivity contribution in [1.29, 1.82) is 0 Å². The molecule has 0 aromatic heterocycles. The number of ether oxygens (including phenoxy) is 1. The van der Waals surface area contributed by atoms with Gasteiger partial charge in [0.15, 0.2) is 0 Å². The number of hydrogen-bond donors (Lipinski definition) is 1. The summed E-state index contributed by atoms with van der Waals surface area (Å²) >= 11 is 5.76. The number of nitrogens with one attached hydrogen (secondary N) is 1. The van der Waals surface area contributed by atoms with E-state index in [0.717, 1.165) is 32.6 Å². The first-order valence-electron chi connectivity index (χ1n) is 5.92. The van der Waals surface area contributed by atoms with E-state index in [2.05, 4.69) is 5.32 Å². The Morgan fingerprint density at radius 1 is 1.44 bits per heavy atom. The van der Waals surface area contributed by atoms with Gasteiger partial charge in [-0.15, -0.1) is 0 Å². The molecule has 0 spiro atoms. The second kappa shape index (κ2) is 6.02. The van der Waals surface area contributed by atoms with Gasteiger partial charge in [0, 0.05) is 30.8 Å². The van der Waals surface area contributed by atoms with Gasteiger partial charge in [-0.05, 0) is 30.9 Å². The molecule has 2 rings (SSSR count). The van der Waals surface area contributed by atoms with Crippen LogP contribution in [0.3, 0.4) is 0 Å². The molecule has 1 aromatic rings. The molecule has 0 unspecified atom stereocenters. The lowest BCUT2D eigenvalue weighted by Gasteiger charge is -2.22. The molecule has 5 nitrogen and oxygen atoms in total. The zero-order chi connectivity index (χ0) is 13.0. The number of nitro groups is 1. The quantitative estimate of drug-likeness (QED) is 0.674. The van der Waals surface area contributed by atoms with Gasteiger partial charge in [-0.1, -0.05) is 11.6 Å². The van der Waals surface area contributed by atoms with E-state index in [-0.39, 0.29) is 5.69 Å². The van der Waals surface area contributed by atoms with Crippen LogP contribution >= 0.6 is 11.6 Å². The van der Waals surface area contributed by atoms with Gasteiger partial charge in [0.05, 0.1) is 4.92 Å². The minimum absolute atomic E-state index is 0.0227. The highest BCUT2D eigenvalue weighted by atomic mass is 35.5. The average Bonchev–Trinajstić information content (AvgIpc) is 2.38. The van der Waals surface area contributed by atoms with Crippen LogP contribution < -0.4 is 5.32 Å². The predicted molar refractivity (Wildman–Crippen MR) is 70.1 cm³/mol. The zero-order valence-electron chi connectivity index (χ0n) is 9.89. The summed E-state index contributed by atoms with van der Waals surface area (Å²) in [5, 5.41) is 14.4. The number of anilines is 1. The Bertz CT molecular complexity index is 433. The minimum Gasteiger partial charge on any atom is -0.381 e. The van der Waals surface area contributed by atoms with Crippen molar-refractivity contribution in [1.82, 2.24) is 0 Å². The normalized spacial score (nSPS) is 16.5. The number of nitrogens with zero attached hydrogens (tertiary/aromatic N) is 1. The van der Waals surface area contributed by atoms with Crippen molar-refractivity contribution in [3.05, 3.63) is 33.3 Å². The summed E-state index contributed by atoms with van der Waals surface area (Å²) in [5.74, 6) is 0.508. The van der Waals surface area contributed by atoms with E-state index in [1.165, 1.54) is 6.07 Å². The highest BCUT2D eigenvalue weighted by molar-refractivity contribution is 6.30. The van der Waals surface area contributed by atoms with Crippen LogP contribution in [0.1, 0.15) is 12.8 Å². The van der Waals surface area contributed by atoms with Crippen molar-refractivity contribution >= 4 is 23.0 Å². The summed E-state index contributed by atoms with van der Waals surface area (Å²) in [5.41, 5.74) is 0.547. The van der Waals surface area contributed by atoms with Gasteiger partial charge in [-0.25, -0.2) is 0 Å². The summed E-state index contributed by atoms with van der Waals surface area (Å²) in [7, 11) is 0. The number of benzene rings is 1.